The van der Waals surface area contributed by atoms with E-state index in [4.69, 9.17) is 0 Å². The predicted octanol–water partition coefficient (Wildman–Crippen LogP) is 2.28. The van der Waals surface area contributed by atoms with Gasteiger partial charge in [-0.05, 0) is 47.0 Å². The van der Waals surface area contributed by atoms with Crippen molar-refractivity contribution in [2.45, 2.75) is 18.9 Å². The van der Waals surface area contributed by atoms with Gasteiger partial charge in [-0.25, -0.2) is 4.39 Å². The molecule has 0 N–H and O–H groups in total. The molecule has 1 aliphatic heterocycles. The first-order valence-corrected chi connectivity index (χ1v) is 7.18. The number of rotatable bonds is 2. The Labute approximate surface area is 125 Å². The first kappa shape index (κ1) is 15.0. The molecule has 6 heteroatoms. The maximum Gasteiger partial charge on any atom is 0.255 e. The van der Waals surface area contributed by atoms with Crippen LogP contribution in [0.15, 0.2) is 22.7 Å². The highest BCUT2D eigenvalue weighted by atomic mass is 79.9. The third kappa shape index (κ3) is 2.85. The van der Waals surface area contributed by atoms with Gasteiger partial charge in [-0.15, -0.1) is 0 Å². The highest BCUT2D eigenvalue weighted by molar-refractivity contribution is 9.10. The van der Waals surface area contributed by atoms with Crippen molar-refractivity contribution in [3.8, 4) is 0 Å². The van der Waals surface area contributed by atoms with Crippen molar-refractivity contribution in [1.82, 2.24) is 9.80 Å². The quantitative estimate of drug-likeness (QED) is 0.827. The normalized spacial score (nSPS) is 18.2. The Kier molecular flexibility index (Phi) is 4.42. The number of carbonyl (C=O) groups excluding carboxylic acids is 2. The van der Waals surface area contributed by atoms with Crippen molar-refractivity contribution in [2.24, 2.45) is 0 Å². The number of hydrogen-bond acceptors (Lipinski definition) is 2. The van der Waals surface area contributed by atoms with Gasteiger partial charge in [-0.1, -0.05) is 0 Å². The lowest BCUT2D eigenvalue weighted by atomic mass is 10.1. The van der Waals surface area contributed by atoms with Gasteiger partial charge < -0.3 is 9.80 Å². The Morgan fingerprint density at radius 3 is 2.70 bits per heavy atom. The number of likely N-dealkylation sites (N-methyl/N-ethyl adjacent to an activating group) is 1. The summed E-state index contributed by atoms with van der Waals surface area (Å²) in [5, 5.41) is 0. The van der Waals surface area contributed by atoms with Crippen LogP contribution in [0.2, 0.25) is 0 Å². The number of benzene rings is 1. The fourth-order valence-electron chi connectivity index (χ4n) is 2.38. The first-order valence-electron chi connectivity index (χ1n) is 6.39. The van der Waals surface area contributed by atoms with E-state index in [1.807, 2.05) is 0 Å². The molecule has 1 aliphatic rings. The van der Waals surface area contributed by atoms with Crippen molar-refractivity contribution in [3.05, 3.63) is 34.1 Å². The van der Waals surface area contributed by atoms with Gasteiger partial charge in [-0.2, -0.15) is 0 Å². The number of hydrogen-bond donors (Lipinski definition) is 0. The topological polar surface area (TPSA) is 40.6 Å². The maximum absolute atomic E-state index is 13.1. The van der Waals surface area contributed by atoms with Crippen LogP contribution in [0.4, 0.5) is 4.39 Å². The fourth-order valence-corrected chi connectivity index (χ4v) is 2.90. The molecule has 1 aromatic carbocycles. The SMILES string of the molecule is CN(C)C(=O)C1CCCN1C(=O)c1ccc(F)cc1Br. The van der Waals surface area contributed by atoms with Crippen molar-refractivity contribution in [3.63, 3.8) is 0 Å². The maximum atomic E-state index is 13.1. The molecule has 4 nitrogen and oxygen atoms in total. The molecule has 0 radical (unpaired) electrons. The van der Waals surface area contributed by atoms with E-state index in [1.165, 1.54) is 23.1 Å². The van der Waals surface area contributed by atoms with E-state index in [0.717, 1.165) is 6.42 Å². The van der Waals surface area contributed by atoms with Crippen molar-refractivity contribution < 1.29 is 14.0 Å². The zero-order chi connectivity index (χ0) is 14.9. The number of likely N-dealkylation sites (tertiary alicyclic amines) is 1. The van der Waals surface area contributed by atoms with Gasteiger partial charge in [0, 0.05) is 25.1 Å². The number of amides is 2. The van der Waals surface area contributed by atoms with Crippen molar-refractivity contribution in [1.29, 1.82) is 0 Å². The third-order valence-electron chi connectivity index (χ3n) is 3.40. The molecule has 1 atom stereocenters. The van der Waals surface area contributed by atoms with Crippen LogP contribution in [0.1, 0.15) is 23.2 Å². The zero-order valence-corrected chi connectivity index (χ0v) is 13.0. The van der Waals surface area contributed by atoms with E-state index in [9.17, 15) is 14.0 Å². The summed E-state index contributed by atoms with van der Waals surface area (Å²) in [4.78, 5) is 27.7. The van der Waals surface area contributed by atoms with Crippen LogP contribution in [0.5, 0.6) is 0 Å². The van der Waals surface area contributed by atoms with E-state index in [2.05, 4.69) is 15.9 Å². The summed E-state index contributed by atoms with van der Waals surface area (Å²) in [5.41, 5.74) is 0.379. The van der Waals surface area contributed by atoms with Gasteiger partial charge in [0.15, 0.2) is 0 Å². The number of nitrogens with zero attached hydrogens (tertiary/aromatic N) is 2. The Balaban J connectivity index is 2.25. The summed E-state index contributed by atoms with van der Waals surface area (Å²) in [7, 11) is 3.36. The molecule has 0 aliphatic carbocycles. The lowest BCUT2D eigenvalue weighted by Gasteiger charge is -2.26. The molecule has 1 heterocycles. The fraction of sp³-hybridized carbons (Fsp3) is 0.429. The highest BCUT2D eigenvalue weighted by Gasteiger charge is 2.35. The highest BCUT2D eigenvalue weighted by Crippen LogP contribution is 2.25. The van der Waals surface area contributed by atoms with Crippen LogP contribution in [0.3, 0.4) is 0 Å². The minimum atomic E-state index is -0.422. The largest absolute Gasteiger partial charge is 0.347 e. The molecule has 0 bridgehead atoms. The lowest BCUT2D eigenvalue weighted by Crippen LogP contribution is -2.45. The van der Waals surface area contributed by atoms with Crippen LogP contribution in [-0.4, -0.2) is 48.3 Å². The second-order valence-corrected chi connectivity index (χ2v) is 5.87. The van der Waals surface area contributed by atoms with Gasteiger partial charge in [-0.3, -0.25) is 9.59 Å². The van der Waals surface area contributed by atoms with E-state index >= 15 is 0 Å². The third-order valence-corrected chi connectivity index (χ3v) is 4.06. The molecule has 1 saturated heterocycles. The Hall–Kier alpha value is -1.43. The second kappa shape index (κ2) is 5.91. The summed E-state index contributed by atoms with van der Waals surface area (Å²) < 4.78 is 13.5. The average Bonchev–Trinajstić information content (AvgIpc) is 2.86. The standard InChI is InChI=1S/C14H16BrFN2O2/c1-17(2)14(20)12-4-3-7-18(12)13(19)10-6-5-9(16)8-11(10)15/h5-6,8,12H,3-4,7H2,1-2H3. The smallest absolute Gasteiger partial charge is 0.255 e. The number of carbonyl (C=O) groups is 2. The minimum Gasteiger partial charge on any atom is -0.347 e. The summed E-state index contributed by atoms with van der Waals surface area (Å²) in [5.74, 6) is -0.723. The predicted molar refractivity (Wildman–Crippen MR) is 76.9 cm³/mol. The van der Waals surface area contributed by atoms with E-state index in [0.29, 0.717) is 23.0 Å². The van der Waals surface area contributed by atoms with Crippen molar-refractivity contribution >= 4 is 27.7 Å². The molecule has 2 amide bonds. The zero-order valence-electron chi connectivity index (χ0n) is 11.4. The Morgan fingerprint density at radius 1 is 1.40 bits per heavy atom. The Bertz CT molecular complexity index is 548. The van der Waals surface area contributed by atoms with Gasteiger partial charge in [0.2, 0.25) is 5.91 Å². The lowest BCUT2D eigenvalue weighted by molar-refractivity contribution is -0.132. The van der Waals surface area contributed by atoms with Crippen LogP contribution in [-0.2, 0) is 4.79 Å². The van der Waals surface area contributed by atoms with Crippen LogP contribution in [0, 0.1) is 5.82 Å². The molecule has 1 unspecified atom stereocenters. The van der Waals surface area contributed by atoms with E-state index < -0.39 is 11.9 Å². The summed E-state index contributed by atoms with van der Waals surface area (Å²) in [6.45, 7) is 0.549. The minimum absolute atomic E-state index is 0.0749. The van der Waals surface area contributed by atoms with Gasteiger partial charge >= 0.3 is 0 Å². The molecule has 20 heavy (non-hydrogen) atoms. The van der Waals surface area contributed by atoms with E-state index in [-0.39, 0.29) is 11.8 Å². The molecule has 0 aromatic heterocycles. The molecule has 2 rings (SSSR count). The van der Waals surface area contributed by atoms with Crippen molar-refractivity contribution in [2.75, 3.05) is 20.6 Å². The van der Waals surface area contributed by atoms with Gasteiger partial charge in [0.05, 0.1) is 5.56 Å². The molecular formula is C14H16BrFN2O2. The molecule has 1 aromatic rings. The monoisotopic (exact) mass is 342 g/mol. The summed E-state index contributed by atoms with van der Waals surface area (Å²) >= 11 is 3.20. The molecular weight excluding hydrogens is 327 g/mol. The molecule has 108 valence electrons. The van der Waals surface area contributed by atoms with Gasteiger partial charge in [0.1, 0.15) is 11.9 Å². The van der Waals surface area contributed by atoms with E-state index in [1.54, 1.807) is 19.0 Å². The molecule has 0 spiro atoms. The summed E-state index contributed by atoms with van der Waals surface area (Å²) in [6, 6.07) is 3.52. The molecule has 0 saturated carbocycles. The first-order chi connectivity index (χ1) is 9.41. The van der Waals surface area contributed by atoms with Crippen LogP contribution < -0.4 is 0 Å². The molecule has 1 fully saturated rings. The Morgan fingerprint density at radius 2 is 2.10 bits per heavy atom. The number of halogens is 2. The van der Waals surface area contributed by atoms with Crippen LogP contribution >= 0.6 is 15.9 Å². The average molecular weight is 343 g/mol. The summed E-state index contributed by atoms with van der Waals surface area (Å²) in [6.07, 6.45) is 1.47. The van der Waals surface area contributed by atoms with Crippen LogP contribution in [0.25, 0.3) is 0 Å². The van der Waals surface area contributed by atoms with Gasteiger partial charge in [0.25, 0.3) is 5.91 Å². The second-order valence-electron chi connectivity index (χ2n) is 5.01.